The Bertz CT molecular complexity index is 453. The molecule has 0 unspecified atom stereocenters. The van der Waals surface area contributed by atoms with E-state index >= 15 is 0 Å². The predicted molar refractivity (Wildman–Crippen MR) is 161 cm³/mol. The summed E-state index contributed by atoms with van der Waals surface area (Å²) in [6, 6.07) is 0. The number of carbonyl (C=O) groups excluding carboxylic acids is 2. The normalized spacial score (nSPS) is 11.5. The van der Waals surface area contributed by atoms with E-state index in [2.05, 4.69) is 27.7 Å². The van der Waals surface area contributed by atoms with E-state index in [1.807, 2.05) is 0 Å². The van der Waals surface area contributed by atoms with Crippen molar-refractivity contribution in [3.63, 3.8) is 0 Å². The molecular formula is C34H66O3. The molecule has 0 saturated heterocycles. The molecule has 0 rings (SSSR count). The van der Waals surface area contributed by atoms with Gasteiger partial charge in [0.25, 0.3) is 0 Å². The van der Waals surface area contributed by atoms with Gasteiger partial charge in [-0.2, -0.15) is 0 Å². The fourth-order valence-electron chi connectivity index (χ4n) is 5.05. The number of hydrogen-bond acceptors (Lipinski definition) is 3. The molecule has 37 heavy (non-hydrogen) atoms. The first-order chi connectivity index (χ1) is 17.9. The van der Waals surface area contributed by atoms with Gasteiger partial charge in [0.2, 0.25) is 0 Å². The van der Waals surface area contributed by atoms with Crippen molar-refractivity contribution in [2.45, 2.75) is 195 Å². The average molecular weight is 523 g/mol. The van der Waals surface area contributed by atoms with Gasteiger partial charge >= 0.3 is 11.9 Å². The van der Waals surface area contributed by atoms with Crippen molar-refractivity contribution < 1.29 is 14.3 Å². The van der Waals surface area contributed by atoms with Crippen LogP contribution in [0.1, 0.15) is 195 Å². The van der Waals surface area contributed by atoms with Crippen LogP contribution in [0.4, 0.5) is 0 Å². The third-order valence-electron chi connectivity index (χ3n) is 7.55. The molecule has 3 heteroatoms. The van der Waals surface area contributed by atoms with Crippen LogP contribution < -0.4 is 0 Å². The van der Waals surface area contributed by atoms with Crippen LogP contribution in [0.5, 0.6) is 0 Å². The average Bonchev–Trinajstić information content (AvgIpc) is 2.84. The first kappa shape index (κ1) is 36.1. The second-order valence-corrected chi connectivity index (χ2v) is 12.5. The first-order valence-corrected chi connectivity index (χ1v) is 16.6. The third kappa shape index (κ3) is 31.3. The van der Waals surface area contributed by atoms with Gasteiger partial charge in [-0.15, -0.1) is 0 Å². The van der Waals surface area contributed by atoms with Gasteiger partial charge in [0.05, 0.1) is 0 Å². The number of ether oxygens (including phenoxy) is 1. The standard InChI is InChI=1S/C34H66O3/c1-31(2)27-23-19-15-11-7-5-9-13-17-21-25-29-33(35)37-34(36)30-26-22-18-14-10-6-8-12-16-20-24-28-32(3)4/h31-32H,5-30H2,1-4H3. The van der Waals surface area contributed by atoms with Crippen LogP contribution >= 0.6 is 0 Å². The van der Waals surface area contributed by atoms with Crippen LogP contribution in [0.15, 0.2) is 0 Å². The minimum atomic E-state index is -0.327. The van der Waals surface area contributed by atoms with E-state index in [1.165, 1.54) is 128 Å². The summed E-state index contributed by atoms with van der Waals surface area (Å²) >= 11 is 0. The molecular weight excluding hydrogens is 456 g/mol. The molecule has 3 nitrogen and oxygen atoms in total. The summed E-state index contributed by atoms with van der Waals surface area (Å²) in [5.41, 5.74) is 0. The lowest BCUT2D eigenvalue weighted by molar-refractivity contribution is -0.159. The van der Waals surface area contributed by atoms with Crippen LogP contribution in [0.2, 0.25) is 0 Å². The predicted octanol–water partition coefficient (Wildman–Crippen LogP) is 11.5. The highest BCUT2D eigenvalue weighted by atomic mass is 16.6. The van der Waals surface area contributed by atoms with E-state index in [-0.39, 0.29) is 11.9 Å². The van der Waals surface area contributed by atoms with Gasteiger partial charge in [-0.1, -0.05) is 169 Å². The van der Waals surface area contributed by atoms with Gasteiger partial charge in [-0.3, -0.25) is 9.59 Å². The molecule has 0 spiro atoms. The maximum Gasteiger partial charge on any atom is 0.313 e. The van der Waals surface area contributed by atoms with Crippen LogP contribution in [-0.4, -0.2) is 11.9 Å². The monoisotopic (exact) mass is 523 g/mol. The summed E-state index contributed by atoms with van der Waals surface area (Å²) in [5.74, 6) is 1.04. The second kappa shape index (κ2) is 28.2. The van der Waals surface area contributed by atoms with E-state index in [0.29, 0.717) is 12.8 Å². The fraction of sp³-hybridized carbons (Fsp3) is 0.941. The number of hydrogen-bond donors (Lipinski definition) is 0. The Hall–Kier alpha value is -0.860. The van der Waals surface area contributed by atoms with Crippen molar-refractivity contribution in [1.82, 2.24) is 0 Å². The Balaban J connectivity index is 3.30. The summed E-state index contributed by atoms with van der Waals surface area (Å²) in [5, 5.41) is 0. The van der Waals surface area contributed by atoms with Gasteiger partial charge in [-0.25, -0.2) is 0 Å². The van der Waals surface area contributed by atoms with Gasteiger partial charge in [0, 0.05) is 12.8 Å². The highest BCUT2D eigenvalue weighted by Gasteiger charge is 2.10. The SMILES string of the molecule is CC(C)CCCCCCCCCCCCCC(=O)OC(=O)CCCCCCCCCCCCCC(C)C. The van der Waals surface area contributed by atoms with Crippen molar-refractivity contribution in [3.05, 3.63) is 0 Å². The second-order valence-electron chi connectivity index (χ2n) is 12.5. The molecule has 0 aromatic heterocycles. The zero-order chi connectivity index (χ0) is 27.4. The van der Waals surface area contributed by atoms with E-state index in [9.17, 15) is 9.59 Å². The van der Waals surface area contributed by atoms with Crippen LogP contribution in [0, 0.1) is 11.8 Å². The van der Waals surface area contributed by atoms with Crippen molar-refractivity contribution in [1.29, 1.82) is 0 Å². The van der Waals surface area contributed by atoms with Crippen molar-refractivity contribution in [3.8, 4) is 0 Å². The van der Waals surface area contributed by atoms with Gasteiger partial charge in [0.1, 0.15) is 0 Å². The Morgan fingerprint density at radius 1 is 0.378 bits per heavy atom. The van der Waals surface area contributed by atoms with Gasteiger partial charge in [-0.05, 0) is 24.7 Å². The Morgan fingerprint density at radius 2 is 0.595 bits per heavy atom. The molecule has 0 N–H and O–H groups in total. The largest absolute Gasteiger partial charge is 0.393 e. The number of carbonyl (C=O) groups is 2. The lowest BCUT2D eigenvalue weighted by Crippen LogP contribution is -2.11. The fourth-order valence-corrected chi connectivity index (χ4v) is 5.05. The summed E-state index contributed by atoms with van der Waals surface area (Å²) in [4.78, 5) is 23.8. The Kier molecular flexibility index (Phi) is 27.5. The zero-order valence-corrected chi connectivity index (χ0v) is 25.8. The molecule has 220 valence electrons. The van der Waals surface area contributed by atoms with E-state index in [1.54, 1.807) is 0 Å². The smallest absolute Gasteiger partial charge is 0.313 e. The molecule has 0 aromatic carbocycles. The zero-order valence-electron chi connectivity index (χ0n) is 25.8. The summed E-state index contributed by atoms with van der Waals surface area (Å²) < 4.78 is 5.00. The highest BCUT2D eigenvalue weighted by Crippen LogP contribution is 2.16. The van der Waals surface area contributed by atoms with Crippen LogP contribution in [-0.2, 0) is 14.3 Å². The van der Waals surface area contributed by atoms with Crippen LogP contribution in [0.25, 0.3) is 0 Å². The molecule has 0 aliphatic carbocycles. The molecule has 0 aliphatic rings. The molecule has 0 fully saturated rings. The van der Waals surface area contributed by atoms with Crippen molar-refractivity contribution >= 4 is 11.9 Å². The Labute approximate surface area is 232 Å². The Morgan fingerprint density at radius 3 is 0.838 bits per heavy atom. The quantitative estimate of drug-likeness (QED) is 0.0583. The van der Waals surface area contributed by atoms with Crippen LogP contribution in [0.3, 0.4) is 0 Å². The first-order valence-electron chi connectivity index (χ1n) is 16.6. The molecule has 0 heterocycles. The van der Waals surface area contributed by atoms with Gasteiger partial charge < -0.3 is 4.74 Å². The molecule has 0 amide bonds. The summed E-state index contributed by atoms with van der Waals surface area (Å²) in [6.07, 6.45) is 31.5. The third-order valence-corrected chi connectivity index (χ3v) is 7.55. The molecule has 0 radical (unpaired) electrons. The lowest BCUT2D eigenvalue weighted by Gasteiger charge is -2.05. The molecule has 0 aromatic rings. The highest BCUT2D eigenvalue weighted by molar-refractivity contribution is 5.85. The number of esters is 2. The summed E-state index contributed by atoms with van der Waals surface area (Å²) in [7, 11) is 0. The van der Waals surface area contributed by atoms with Crippen molar-refractivity contribution in [2.75, 3.05) is 0 Å². The van der Waals surface area contributed by atoms with Crippen molar-refractivity contribution in [2.24, 2.45) is 11.8 Å². The summed E-state index contributed by atoms with van der Waals surface area (Å²) in [6.45, 7) is 9.24. The maximum absolute atomic E-state index is 11.9. The molecule has 0 atom stereocenters. The van der Waals surface area contributed by atoms with E-state index in [0.717, 1.165) is 37.5 Å². The number of unbranched alkanes of at least 4 members (excludes halogenated alkanes) is 20. The topological polar surface area (TPSA) is 43.4 Å². The van der Waals surface area contributed by atoms with E-state index in [4.69, 9.17) is 4.74 Å². The molecule has 0 aliphatic heterocycles. The number of rotatable bonds is 28. The maximum atomic E-state index is 11.9. The molecule has 0 saturated carbocycles. The minimum absolute atomic E-state index is 0.327. The lowest BCUT2D eigenvalue weighted by atomic mass is 10.0. The van der Waals surface area contributed by atoms with Gasteiger partial charge in [0.15, 0.2) is 0 Å². The molecule has 0 bridgehead atoms. The van der Waals surface area contributed by atoms with E-state index < -0.39 is 0 Å². The minimum Gasteiger partial charge on any atom is -0.393 e.